The zero-order valence-electron chi connectivity index (χ0n) is 22.5. The van der Waals surface area contributed by atoms with Gasteiger partial charge in [-0.1, -0.05) is 43.5 Å². The molecule has 0 saturated heterocycles. The van der Waals surface area contributed by atoms with Gasteiger partial charge in [0.1, 0.15) is 11.5 Å². The summed E-state index contributed by atoms with van der Waals surface area (Å²) in [5, 5.41) is 15.3. The summed E-state index contributed by atoms with van der Waals surface area (Å²) in [5.41, 5.74) is 1.27. The second-order valence-corrected chi connectivity index (χ2v) is 11.8. The standard InChI is InChI=1S/C30H28FN5O5S/c31-24-13-11-22(12-14-24)21-7-9-23(10-8-21)30(37)35-42(40,41)25-17-26(29-32-15-4-16-33-29)28(27(18-25)36(38)39)34-19-20-5-2-1-3-6-20/h4,7-18,20,34H,1-3,5-6,19H2,(H,35,37). The Kier molecular flexibility index (Phi) is 8.53. The third kappa shape index (κ3) is 6.60. The summed E-state index contributed by atoms with van der Waals surface area (Å²) in [4.78, 5) is 32.4. The number of amides is 1. The van der Waals surface area contributed by atoms with Gasteiger partial charge in [-0.2, -0.15) is 0 Å². The molecule has 0 aliphatic heterocycles. The average molecular weight is 590 g/mol. The summed E-state index contributed by atoms with van der Waals surface area (Å²) in [6, 6.07) is 15.6. The first-order valence-corrected chi connectivity index (χ1v) is 15.0. The molecule has 42 heavy (non-hydrogen) atoms. The summed E-state index contributed by atoms with van der Waals surface area (Å²) >= 11 is 0. The van der Waals surface area contributed by atoms with Crippen molar-refractivity contribution in [2.24, 2.45) is 5.92 Å². The van der Waals surface area contributed by atoms with Gasteiger partial charge in [0.25, 0.3) is 21.6 Å². The number of benzene rings is 3. The number of anilines is 1. The van der Waals surface area contributed by atoms with Gasteiger partial charge in [0, 0.05) is 30.6 Å². The molecule has 1 saturated carbocycles. The largest absolute Gasteiger partial charge is 0.379 e. The van der Waals surface area contributed by atoms with Gasteiger partial charge in [-0.25, -0.2) is 27.5 Å². The number of aromatic nitrogens is 2. The molecular formula is C30H28FN5O5S. The molecule has 216 valence electrons. The Labute approximate surface area is 242 Å². The average Bonchev–Trinajstić information content (AvgIpc) is 3.00. The first kappa shape index (κ1) is 28.8. The number of rotatable bonds is 9. The smallest absolute Gasteiger partial charge is 0.294 e. The number of carbonyl (C=O) groups is 1. The van der Waals surface area contributed by atoms with Crippen LogP contribution >= 0.6 is 0 Å². The lowest BCUT2D eigenvalue weighted by molar-refractivity contribution is -0.384. The summed E-state index contributed by atoms with van der Waals surface area (Å²) in [6.45, 7) is 0.484. The van der Waals surface area contributed by atoms with Crippen LogP contribution < -0.4 is 10.0 Å². The maximum absolute atomic E-state index is 13.4. The van der Waals surface area contributed by atoms with E-state index in [0.717, 1.165) is 43.7 Å². The van der Waals surface area contributed by atoms with Gasteiger partial charge in [0.05, 0.1) is 15.4 Å². The minimum atomic E-state index is -4.54. The van der Waals surface area contributed by atoms with Crippen molar-refractivity contribution in [2.75, 3.05) is 11.9 Å². The molecule has 10 nitrogen and oxygen atoms in total. The summed E-state index contributed by atoms with van der Waals surface area (Å²) in [7, 11) is -4.54. The minimum absolute atomic E-state index is 0.0521. The Morgan fingerprint density at radius 2 is 1.57 bits per heavy atom. The molecule has 4 aromatic rings. The number of hydrogen-bond acceptors (Lipinski definition) is 8. The molecule has 2 N–H and O–H groups in total. The van der Waals surface area contributed by atoms with Crippen molar-refractivity contribution in [3.05, 3.63) is 101 Å². The number of carbonyl (C=O) groups excluding carboxylic acids is 1. The lowest BCUT2D eigenvalue weighted by Gasteiger charge is -2.23. The van der Waals surface area contributed by atoms with Crippen LogP contribution in [-0.2, 0) is 10.0 Å². The molecule has 0 atom stereocenters. The number of sulfonamides is 1. The fraction of sp³-hybridized carbons (Fsp3) is 0.233. The lowest BCUT2D eigenvalue weighted by Crippen LogP contribution is -2.30. The van der Waals surface area contributed by atoms with Crippen molar-refractivity contribution in [1.29, 1.82) is 0 Å². The van der Waals surface area contributed by atoms with Crippen molar-refractivity contribution in [2.45, 2.75) is 37.0 Å². The molecule has 0 spiro atoms. The molecule has 1 aliphatic rings. The van der Waals surface area contributed by atoms with Gasteiger partial charge >= 0.3 is 0 Å². The first-order chi connectivity index (χ1) is 20.2. The molecule has 1 fully saturated rings. The van der Waals surface area contributed by atoms with Crippen LogP contribution in [0.15, 0.2) is 84.0 Å². The fourth-order valence-electron chi connectivity index (χ4n) is 5.03. The molecular weight excluding hydrogens is 561 g/mol. The number of nitrogens with zero attached hydrogens (tertiary/aromatic N) is 3. The molecule has 0 radical (unpaired) electrons. The van der Waals surface area contributed by atoms with E-state index in [1.807, 2.05) is 4.72 Å². The van der Waals surface area contributed by atoms with Crippen molar-refractivity contribution in [3.63, 3.8) is 0 Å². The van der Waals surface area contributed by atoms with Crippen molar-refractivity contribution in [1.82, 2.24) is 14.7 Å². The van der Waals surface area contributed by atoms with Crippen molar-refractivity contribution in [3.8, 4) is 22.5 Å². The van der Waals surface area contributed by atoms with Gasteiger partial charge in [0.2, 0.25) is 0 Å². The zero-order chi connectivity index (χ0) is 29.7. The van der Waals surface area contributed by atoms with E-state index >= 15 is 0 Å². The monoisotopic (exact) mass is 589 g/mol. The topological polar surface area (TPSA) is 144 Å². The molecule has 3 aromatic carbocycles. The van der Waals surface area contributed by atoms with Crippen LogP contribution in [-0.4, -0.2) is 35.8 Å². The molecule has 1 aliphatic carbocycles. The lowest BCUT2D eigenvalue weighted by atomic mass is 9.89. The van der Waals surface area contributed by atoms with E-state index in [2.05, 4.69) is 15.3 Å². The van der Waals surface area contributed by atoms with Crippen LogP contribution in [0.2, 0.25) is 0 Å². The maximum Gasteiger partial charge on any atom is 0.294 e. The normalized spacial score (nSPS) is 13.8. The molecule has 1 heterocycles. The van der Waals surface area contributed by atoms with Gasteiger partial charge in [-0.3, -0.25) is 14.9 Å². The maximum atomic E-state index is 13.4. The molecule has 1 aromatic heterocycles. The van der Waals surface area contributed by atoms with Crippen LogP contribution in [0.25, 0.3) is 22.5 Å². The Balaban J connectivity index is 1.45. The number of halogens is 1. The molecule has 1 amide bonds. The van der Waals surface area contributed by atoms with Crippen LogP contribution in [0.4, 0.5) is 15.8 Å². The van der Waals surface area contributed by atoms with Crippen molar-refractivity contribution < 1.29 is 22.5 Å². The van der Waals surface area contributed by atoms with E-state index in [-0.39, 0.29) is 28.5 Å². The highest BCUT2D eigenvalue weighted by Crippen LogP contribution is 2.38. The Hall–Kier alpha value is -4.71. The molecule has 12 heteroatoms. The van der Waals surface area contributed by atoms with Gasteiger partial charge in [0.15, 0.2) is 5.82 Å². The highest BCUT2D eigenvalue weighted by molar-refractivity contribution is 7.90. The Bertz CT molecular complexity index is 1690. The second kappa shape index (κ2) is 12.4. The highest BCUT2D eigenvalue weighted by atomic mass is 32.2. The third-order valence-corrected chi connectivity index (χ3v) is 8.56. The minimum Gasteiger partial charge on any atom is -0.379 e. The van der Waals surface area contributed by atoms with Crippen molar-refractivity contribution >= 4 is 27.3 Å². The van der Waals surface area contributed by atoms with E-state index in [9.17, 15) is 27.7 Å². The summed E-state index contributed by atoms with van der Waals surface area (Å²) in [6.07, 6.45) is 8.26. The molecule has 5 rings (SSSR count). The van der Waals surface area contributed by atoms with Crippen LogP contribution in [0.5, 0.6) is 0 Å². The van der Waals surface area contributed by atoms with Gasteiger partial charge < -0.3 is 5.32 Å². The van der Waals surface area contributed by atoms with E-state index in [1.54, 1.807) is 30.3 Å². The zero-order valence-corrected chi connectivity index (χ0v) is 23.3. The third-order valence-electron chi connectivity index (χ3n) is 7.25. The van der Waals surface area contributed by atoms with Crippen LogP contribution in [0.3, 0.4) is 0 Å². The van der Waals surface area contributed by atoms with Crippen LogP contribution in [0.1, 0.15) is 42.5 Å². The molecule has 0 bridgehead atoms. The van der Waals surface area contributed by atoms with Gasteiger partial charge in [-0.15, -0.1) is 0 Å². The highest BCUT2D eigenvalue weighted by Gasteiger charge is 2.29. The quantitative estimate of drug-likeness (QED) is 0.180. The Morgan fingerprint density at radius 3 is 2.19 bits per heavy atom. The van der Waals surface area contributed by atoms with E-state index < -0.39 is 31.4 Å². The van der Waals surface area contributed by atoms with E-state index in [0.29, 0.717) is 18.0 Å². The first-order valence-electron chi connectivity index (χ1n) is 13.5. The predicted octanol–water partition coefficient (Wildman–Crippen LogP) is 5.97. The number of nitrogens with one attached hydrogen (secondary N) is 2. The SMILES string of the molecule is O=C(NS(=O)(=O)c1cc(-c2ncccn2)c(NCC2CCCCC2)c([N+](=O)[O-])c1)c1ccc(-c2ccc(F)cc2)cc1. The Morgan fingerprint density at radius 1 is 0.952 bits per heavy atom. The van der Waals surface area contributed by atoms with E-state index in [4.69, 9.17) is 0 Å². The number of nitro benzene ring substituents is 1. The van der Waals surface area contributed by atoms with Gasteiger partial charge in [-0.05, 0) is 66.3 Å². The summed E-state index contributed by atoms with van der Waals surface area (Å²) in [5.74, 6) is -0.859. The van der Waals surface area contributed by atoms with Crippen LogP contribution in [0, 0.1) is 21.8 Å². The summed E-state index contributed by atoms with van der Waals surface area (Å²) < 4.78 is 42.0. The second-order valence-electron chi connectivity index (χ2n) is 10.1. The number of nitro groups is 1. The molecule has 0 unspecified atom stereocenters. The number of hydrogen-bond donors (Lipinski definition) is 2. The van der Waals surface area contributed by atoms with E-state index in [1.165, 1.54) is 42.7 Å². The fourth-order valence-corrected chi connectivity index (χ4v) is 6.05. The predicted molar refractivity (Wildman–Crippen MR) is 156 cm³/mol.